The molecule has 0 radical (unpaired) electrons. The van der Waals surface area contributed by atoms with Crippen molar-refractivity contribution in [3.05, 3.63) is 23.5 Å². The van der Waals surface area contributed by atoms with Crippen molar-refractivity contribution in [3.8, 4) is 0 Å². The molecule has 2 heterocycles. The summed E-state index contributed by atoms with van der Waals surface area (Å²) < 4.78 is 0. The Morgan fingerprint density at radius 2 is 2.30 bits per heavy atom. The minimum Gasteiger partial charge on any atom is -0.369 e. The van der Waals surface area contributed by atoms with E-state index in [-0.39, 0.29) is 0 Å². The molecular formula is C16H27N3S. The zero-order valence-corrected chi connectivity index (χ0v) is 14.0. The number of anilines is 1. The molecule has 1 aromatic heterocycles. The van der Waals surface area contributed by atoms with E-state index >= 15 is 0 Å². The molecule has 1 unspecified atom stereocenters. The van der Waals surface area contributed by atoms with Gasteiger partial charge in [0.05, 0.1) is 0 Å². The summed E-state index contributed by atoms with van der Waals surface area (Å²) in [5.74, 6) is 1.91. The molecule has 0 bridgehead atoms. The lowest BCUT2D eigenvalue weighted by Gasteiger charge is -2.34. The Morgan fingerprint density at radius 1 is 1.50 bits per heavy atom. The molecule has 0 aromatic carbocycles. The van der Waals surface area contributed by atoms with Crippen molar-refractivity contribution < 1.29 is 0 Å². The number of hydrogen-bond acceptors (Lipinski definition) is 4. The highest BCUT2D eigenvalue weighted by atomic mass is 32.2. The molecular weight excluding hydrogens is 266 g/mol. The minimum absolute atomic E-state index is 0.684. The van der Waals surface area contributed by atoms with Gasteiger partial charge in [0.25, 0.3) is 0 Å². The third-order valence-corrected chi connectivity index (χ3v) is 4.68. The number of hydrogen-bond donors (Lipinski definition) is 1. The van der Waals surface area contributed by atoms with Crippen LogP contribution < -0.4 is 10.2 Å². The van der Waals surface area contributed by atoms with Gasteiger partial charge >= 0.3 is 0 Å². The molecule has 1 N–H and O–H groups in total. The average molecular weight is 293 g/mol. The third-order valence-electron chi connectivity index (χ3n) is 3.55. The van der Waals surface area contributed by atoms with Gasteiger partial charge in [-0.15, -0.1) is 0 Å². The van der Waals surface area contributed by atoms with Crippen LogP contribution in [-0.2, 0) is 6.54 Å². The number of aryl methyl sites for hydroxylation is 1. The summed E-state index contributed by atoms with van der Waals surface area (Å²) >= 11 is 2.08. The maximum atomic E-state index is 4.48. The number of pyridine rings is 1. The van der Waals surface area contributed by atoms with Gasteiger partial charge in [-0.05, 0) is 25.5 Å². The highest BCUT2D eigenvalue weighted by molar-refractivity contribution is 8.00. The lowest BCUT2D eigenvalue weighted by atomic mass is 10.1. The monoisotopic (exact) mass is 293 g/mol. The molecule has 0 aliphatic carbocycles. The van der Waals surface area contributed by atoms with Crippen LogP contribution in [0.25, 0.3) is 0 Å². The van der Waals surface area contributed by atoms with Gasteiger partial charge in [0.15, 0.2) is 0 Å². The van der Waals surface area contributed by atoms with Crippen molar-refractivity contribution in [3.63, 3.8) is 0 Å². The highest BCUT2D eigenvalue weighted by Crippen LogP contribution is 2.27. The molecule has 1 fully saturated rings. The third kappa shape index (κ3) is 4.38. The first kappa shape index (κ1) is 15.6. The molecule has 1 atom stereocenters. The van der Waals surface area contributed by atoms with Crippen molar-refractivity contribution in [2.45, 2.75) is 39.5 Å². The van der Waals surface area contributed by atoms with Crippen LogP contribution in [0.1, 0.15) is 32.0 Å². The summed E-state index contributed by atoms with van der Waals surface area (Å²) in [5.41, 5.74) is 3.81. The molecule has 4 heteroatoms. The van der Waals surface area contributed by atoms with Crippen molar-refractivity contribution in [2.24, 2.45) is 5.92 Å². The number of aromatic nitrogens is 1. The lowest BCUT2D eigenvalue weighted by molar-refractivity contribution is 0.551. The maximum Gasteiger partial charge on any atom is 0.0446 e. The molecule has 3 nitrogen and oxygen atoms in total. The summed E-state index contributed by atoms with van der Waals surface area (Å²) in [6, 6.07) is 2.25. The van der Waals surface area contributed by atoms with Gasteiger partial charge in [0, 0.05) is 53.8 Å². The Labute approximate surface area is 127 Å². The minimum atomic E-state index is 0.684. The Hall–Kier alpha value is -0.740. The first-order chi connectivity index (χ1) is 9.56. The molecule has 0 saturated carbocycles. The summed E-state index contributed by atoms with van der Waals surface area (Å²) in [5, 5.41) is 4.26. The van der Waals surface area contributed by atoms with Crippen molar-refractivity contribution in [1.29, 1.82) is 0 Å². The fraction of sp³-hybridized carbons (Fsp3) is 0.688. The fourth-order valence-electron chi connectivity index (χ4n) is 2.54. The van der Waals surface area contributed by atoms with E-state index < -0.39 is 0 Å². The van der Waals surface area contributed by atoms with Crippen LogP contribution in [-0.4, -0.2) is 35.6 Å². The summed E-state index contributed by atoms with van der Waals surface area (Å²) in [6.45, 7) is 13.1. The average Bonchev–Trinajstić information content (AvgIpc) is 2.40. The molecule has 20 heavy (non-hydrogen) atoms. The lowest BCUT2D eigenvalue weighted by Crippen LogP contribution is -2.37. The Kier molecular flexibility index (Phi) is 5.73. The van der Waals surface area contributed by atoms with Gasteiger partial charge in [-0.25, -0.2) is 0 Å². The van der Waals surface area contributed by atoms with E-state index in [1.807, 2.05) is 6.20 Å². The molecule has 1 aliphatic rings. The van der Waals surface area contributed by atoms with Gasteiger partial charge in [-0.3, -0.25) is 4.98 Å². The summed E-state index contributed by atoms with van der Waals surface area (Å²) in [7, 11) is 0. The van der Waals surface area contributed by atoms with Crippen LogP contribution in [0.4, 0.5) is 5.69 Å². The molecule has 1 saturated heterocycles. The van der Waals surface area contributed by atoms with Gasteiger partial charge in [-0.2, -0.15) is 11.8 Å². The van der Waals surface area contributed by atoms with E-state index in [4.69, 9.17) is 0 Å². The van der Waals surface area contributed by atoms with Gasteiger partial charge in [0.2, 0.25) is 0 Å². The van der Waals surface area contributed by atoms with E-state index in [0.29, 0.717) is 11.2 Å². The van der Waals surface area contributed by atoms with E-state index in [9.17, 15) is 0 Å². The fourth-order valence-corrected chi connectivity index (χ4v) is 3.55. The topological polar surface area (TPSA) is 28.2 Å². The molecule has 0 amide bonds. The van der Waals surface area contributed by atoms with E-state index in [1.165, 1.54) is 17.0 Å². The van der Waals surface area contributed by atoms with Crippen LogP contribution >= 0.6 is 11.8 Å². The predicted octanol–water partition coefficient (Wildman–Crippen LogP) is 3.08. The van der Waals surface area contributed by atoms with Crippen LogP contribution in [0.5, 0.6) is 0 Å². The van der Waals surface area contributed by atoms with E-state index in [2.05, 4.69) is 60.7 Å². The molecule has 1 aromatic rings. The number of nitrogens with zero attached hydrogens (tertiary/aromatic N) is 2. The predicted molar refractivity (Wildman–Crippen MR) is 89.7 cm³/mol. The Bertz CT molecular complexity index is 434. The first-order valence-corrected chi connectivity index (χ1v) is 8.64. The van der Waals surface area contributed by atoms with Crippen LogP contribution in [0.15, 0.2) is 12.3 Å². The van der Waals surface area contributed by atoms with Crippen molar-refractivity contribution in [1.82, 2.24) is 10.3 Å². The summed E-state index contributed by atoms with van der Waals surface area (Å²) in [4.78, 5) is 7.01. The SMILES string of the molecule is Cc1cc(N2CCSC(C)C2)c(CNCC(C)C)cn1. The smallest absolute Gasteiger partial charge is 0.0446 e. The number of thioether (sulfide) groups is 1. The molecule has 0 spiro atoms. The number of rotatable bonds is 5. The van der Waals surface area contributed by atoms with Crippen LogP contribution in [0, 0.1) is 12.8 Å². The van der Waals surface area contributed by atoms with Crippen molar-refractivity contribution >= 4 is 17.4 Å². The van der Waals surface area contributed by atoms with Gasteiger partial charge < -0.3 is 10.2 Å². The largest absolute Gasteiger partial charge is 0.369 e. The Morgan fingerprint density at radius 3 is 3.00 bits per heavy atom. The van der Waals surface area contributed by atoms with Crippen LogP contribution in [0.3, 0.4) is 0 Å². The second kappa shape index (κ2) is 7.32. The van der Waals surface area contributed by atoms with Crippen molar-refractivity contribution in [2.75, 3.05) is 30.3 Å². The molecule has 112 valence electrons. The number of nitrogens with one attached hydrogen (secondary N) is 1. The second-order valence-electron chi connectivity index (χ2n) is 6.11. The standard InChI is InChI=1S/C16H27N3S/c1-12(2)8-17-9-15-10-18-13(3)7-16(15)19-5-6-20-14(4)11-19/h7,10,12,14,17H,5-6,8-9,11H2,1-4H3. The second-order valence-corrected chi connectivity index (χ2v) is 7.65. The van der Waals surface area contributed by atoms with E-state index in [0.717, 1.165) is 31.9 Å². The Balaban J connectivity index is 2.10. The first-order valence-electron chi connectivity index (χ1n) is 7.59. The normalized spacial score (nSPS) is 19.6. The van der Waals surface area contributed by atoms with Crippen LogP contribution in [0.2, 0.25) is 0 Å². The van der Waals surface area contributed by atoms with Gasteiger partial charge in [0.1, 0.15) is 0 Å². The zero-order valence-electron chi connectivity index (χ0n) is 13.1. The quantitative estimate of drug-likeness (QED) is 0.903. The van der Waals surface area contributed by atoms with Gasteiger partial charge in [-0.1, -0.05) is 20.8 Å². The highest BCUT2D eigenvalue weighted by Gasteiger charge is 2.19. The maximum absolute atomic E-state index is 4.48. The molecule has 1 aliphatic heterocycles. The molecule has 2 rings (SSSR count). The summed E-state index contributed by atoms with van der Waals surface area (Å²) in [6.07, 6.45) is 2.05. The zero-order chi connectivity index (χ0) is 14.5. The van der Waals surface area contributed by atoms with E-state index in [1.54, 1.807) is 0 Å².